The Hall–Kier alpha value is -1.73. The predicted octanol–water partition coefficient (Wildman–Crippen LogP) is -0.00530. The van der Waals surface area contributed by atoms with Crippen molar-refractivity contribution in [2.75, 3.05) is 58.4 Å². The van der Waals surface area contributed by atoms with Crippen LogP contribution in [0, 0.1) is 0 Å². The smallest absolute Gasteiger partial charge is 0.271 e. The number of hydrogen-bond acceptors (Lipinski definition) is 6. The first kappa shape index (κ1) is 15.7. The van der Waals surface area contributed by atoms with E-state index in [1.165, 1.54) is 0 Å². The number of aromatic nitrogens is 2. The van der Waals surface area contributed by atoms with Crippen molar-refractivity contribution in [2.24, 2.45) is 0 Å². The van der Waals surface area contributed by atoms with Crippen LogP contribution in [0.3, 0.4) is 0 Å². The van der Waals surface area contributed by atoms with Crippen LogP contribution in [0.4, 0.5) is 5.82 Å². The first-order valence-corrected chi connectivity index (χ1v) is 7.25. The molecule has 0 spiro atoms. The number of nitrogens with zero attached hydrogens (tertiary/aromatic N) is 4. The van der Waals surface area contributed by atoms with Gasteiger partial charge in [-0.05, 0) is 25.6 Å². The number of carbonyl (C=O) groups excluding carboxylic acids is 1. The predicted molar refractivity (Wildman–Crippen MR) is 80.6 cm³/mol. The number of carbonyl (C=O) groups is 1. The lowest BCUT2D eigenvalue weighted by Crippen LogP contribution is -2.44. The summed E-state index contributed by atoms with van der Waals surface area (Å²) in [6.45, 7) is 5.12. The highest BCUT2D eigenvalue weighted by Gasteiger charge is 2.16. The van der Waals surface area contributed by atoms with E-state index in [1.54, 1.807) is 13.2 Å². The summed E-state index contributed by atoms with van der Waals surface area (Å²) < 4.78 is 4.93. The van der Waals surface area contributed by atoms with Gasteiger partial charge in [-0.15, -0.1) is 10.2 Å². The van der Waals surface area contributed by atoms with Crippen molar-refractivity contribution < 1.29 is 9.53 Å². The Labute approximate surface area is 125 Å². The second kappa shape index (κ2) is 7.90. The topological polar surface area (TPSA) is 70.6 Å². The zero-order valence-corrected chi connectivity index (χ0v) is 12.7. The minimum atomic E-state index is -0.191. The highest BCUT2D eigenvalue weighted by atomic mass is 16.5. The summed E-state index contributed by atoms with van der Waals surface area (Å²) in [4.78, 5) is 16.3. The molecule has 0 atom stereocenters. The Morgan fingerprint density at radius 3 is 2.67 bits per heavy atom. The molecule has 1 amide bonds. The summed E-state index contributed by atoms with van der Waals surface area (Å²) in [6, 6.07) is 3.59. The summed E-state index contributed by atoms with van der Waals surface area (Å²) in [7, 11) is 3.75. The minimum Gasteiger partial charge on any atom is -0.385 e. The normalized spacial score (nSPS) is 16.0. The first-order chi connectivity index (χ1) is 10.2. The van der Waals surface area contributed by atoms with Crippen molar-refractivity contribution in [3.63, 3.8) is 0 Å². The van der Waals surface area contributed by atoms with Crippen LogP contribution in [-0.4, -0.2) is 74.5 Å². The zero-order valence-electron chi connectivity index (χ0n) is 12.7. The van der Waals surface area contributed by atoms with Crippen molar-refractivity contribution in [2.45, 2.75) is 6.42 Å². The van der Waals surface area contributed by atoms with Gasteiger partial charge in [0.1, 0.15) is 0 Å². The van der Waals surface area contributed by atoms with E-state index in [0.29, 0.717) is 18.8 Å². The number of nitrogens with one attached hydrogen (secondary N) is 1. The first-order valence-electron chi connectivity index (χ1n) is 7.25. The zero-order chi connectivity index (χ0) is 15.1. The summed E-state index contributed by atoms with van der Waals surface area (Å²) in [5.74, 6) is 0.641. The third kappa shape index (κ3) is 4.64. The second-order valence-electron chi connectivity index (χ2n) is 5.17. The molecule has 21 heavy (non-hydrogen) atoms. The van der Waals surface area contributed by atoms with Crippen LogP contribution >= 0.6 is 0 Å². The molecule has 0 saturated carbocycles. The molecule has 1 aliphatic rings. The minimum absolute atomic E-state index is 0.191. The fourth-order valence-electron chi connectivity index (χ4n) is 2.16. The number of anilines is 1. The third-order valence-electron chi connectivity index (χ3n) is 3.52. The van der Waals surface area contributed by atoms with Crippen LogP contribution in [0.25, 0.3) is 0 Å². The Balaban J connectivity index is 1.85. The Morgan fingerprint density at radius 1 is 1.29 bits per heavy atom. The molecule has 0 aromatic carbocycles. The van der Waals surface area contributed by atoms with E-state index in [0.717, 1.165) is 38.4 Å². The van der Waals surface area contributed by atoms with Gasteiger partial charge in [-0.1, -0.05) is 0 Å². The molecule has 1 aromatic heterocycles. The van der Waals surface area contributed by atoms with E-state index >= 15 is 0 Å². The molecule has 2 rings (SSSR count). The van der Waals surface area contributed by atoms with Crippen LogP contribution in [-0.2, 0) is 4.74 Å². The summed E-state index contributed by atoms with van der Waals surface area (Å²) >= 11 is 0. The summed E-state index contributed by atoms with van der Waals surface area (Å²) in [5.41, 5.74) is 0.352. The maximum Gasteiger partial charge on any atom is 0.271 e. The molecule has 0 aliphatic carbocycles. The van der Waals surface area contributed by atoms with Crippen LogP contribution in [0.1, 0.15) is 16.9 Å². The van der Waals surface area contributed by atoms with Gasteiger partial charge in [-0.3, -0.25) is 4.79 Å². The number of amides is 1. The molecule has 7 nitrogen and oxygen atoms in total. The molecule has 116 valence electrons. The summed E-state index contributed by atoms with van der Waals surface area (Å²) in [5, 5.41) is 11.0. The van der Waals surface area contributed by atoms with Crippen LogP contribution in [0.2, 0.25) is 0 Å². The van der Waals surface area contributed by atoms with Crippen LogP contribution in [0.15, 0.2) is 12.1 Å². The highest BCUT2D eigenvalue weighted by Crippen LogP contribution is 2.11. The number of ether oxygens (including phenoxy) is 1. The monoisotopic (exact) mass is 293 g/mol. The SMILES string of the molecule is COCCCNC(=O)c1ccc(N2CCN(C)CC2)nn1. The molecule has 1 fully saturated rings. The molecule has 1 N–H and O–H groups in total. The van der Waals surface area contributed by atoms with Crippen molar-refractivity contribution in [1.82, 2.24) is 20.4 Å². The second-order valence-corrected chi connectivity index (χ2v) is 5.17. The lowest BCUT2D eigenvalue weighted by Gasteiger charge is -2.32. The van der Waals surface area contributed by atoms with Crippen LogP contribution < -0.4 is 10.2 Å². The van der Waals surface area contributed by atoms with Gasteiger partial charge >= 0.3 is 0 Å². The van der Waals surface area contributed by atoms with Gasteiger partial charge in [0.05, 0.1) is 0 Å². The lowest BCUT2D eigenvalue weighted by atomic mass is 10.3. The van der Waals surface area contributed by atoms with Gasteiger partial charge in [0.15, 0.2) is 11.5 Å². The molecule has 0 unspecified atom stereocenters. The van der Waals surface area contributed by atoms with Gasteiger partial charge < -0.3 is 19.9 Å². The van der Waals surface area contributed by atoms with Gasteiger partial charge in [0.2, 0.25) is 0 Å². The maximum atomic E-state index is 11.9. The number of methoxy groups -OCH3 is 1. The van der Waals surface area contributed by atoms with E-state index in [1.807, 2.05) is 6.07 Å². The molecule has 1 aromatic rings. The molecule has 1 saturated heterocycles. The van der Waals surface area contributed by atoms with Gasteiger partial charge in [-0.2, -0.15) is 0 Å². The molecule has 2 heterocycles. The molecular formula is C14H23N5O2. The van der Waals surface area contributed by atoms with E-state index in [-0.39, 0.29) is 5.91 Å². The number of likely N-dealkylation sites (N-methyl/N-ethyl adjacent to an activating group) is 1. The largest absolute Gasteiger partial charge is 0.385 e. The Morgan fingerprint density at radius 2 is 2.05 bits per heavy atom. The number of piperazine rings is 1. The van der Waals surface area contributed by atoms with Crippen molar-refractivity contribution in [1.29, 1.82) is 0 Å². The lowest BCUT2D eigenvalue weighted by molar-refractivity contribution is 0.0942. The van der Waals surface area contributed by atoms with E-state index < -0.39 is 0 Å². The van der Waals surface area contributed by atoms with Gasteiger partial charge in [-0.25, -0.2) is 0 Å². The Kier molecular flexibility index (Phi) is 5.89. The van der Waals surface area contributed by atoms with E-state index in [9.17, 15) is 4.79 Å². The van der Waals surface area contributed by atoms with Gasteiger partial charge in [0.25, 0.3) is 5.91 Å². The number of rotatable bonds is 6. The summed E-state index contributed by atoms with van der Waals surface area (Å²) in [6.07, 6.45) is 0.787. The van der Waals surface area contributed by atoms with Crippen molar-refractivity contribution in [3.05, 3.63) is 17.8 Å². The number of hydrogen-bond donors (Lipinski definition) is 1. The Bertz CT molecular complexity index is 443. The quantitative estimate of drug-likeness (QED) is 0.744. The van der Waals surface area contributed by atoms with Gasteiger partial charge in [0, 0.05) is 46.4 Å². The molecule has 0 bridgehead atoms. The molecule has 0 radical (unpaired) electrons. The molecule has 7 heteroatoms. The van der Waals surface area contributed by atoms with Crippen LogP contribution in [0.5, 0.6) is 0 Å². The average Bonchev–Trinajstić information content (AvgIpc) is 2.52. The highest BCUT2D eigenvalue weighted by molar-refractivity contribution is 5.92. The van der Waals surface area contributed by atoms with Crippen molar-refractivity contribution in [3.8, 4) is 0 Å². The molecule has 1 aliphatic heterocycles. The third-order valence-corrected chi connectivity index (χ3v) is 3.52. The molecular weight excluding hydrogens is 270 g/mol. The van der Waals surface area contributed by atoms with E-state index in [2.05, 4.69) is 32.4 Å². The average molecular weight is 293 g/mol. The van der Waals surface area contributed by atoms with E-state index in [4.69, 9.17) is 4.74 Å². The fraction of sp³-hybridized carbons (Fsp3) is 0.643. The standard InChI is InChI=1S/C14H23N5O2/c1-18-7-9-19(10-8-18)13-5-4-12(16-17-13)14(20)15-6-3-11-21-2/h4-5H,3,6-11H2,1-2H3,(H,15,20). The maximum absolute atomic E-state index is 11.9. The van der Waals surface area contributed by atoms with Crippen molar-refractivity contribution >= 4 is 11.7 Å². The fourth-order valence-corrected chi connectivity index (χ4v) is 2.16.